The highest BCUT2D eigenvalue weighted by atomic mass is 16.6. The summed E-state index contributed by atoms with van der Waals surface area (Å²) in [5.41, 5.74) is 0. The van der Waals surface area contributed by atoms with Gasteiger partial charge in [0.2, 0.25) is 0 Å². The molecule has 1 fully saturated rings. The second-order valence-corrected chi connectivity index (χ2v) is 7.48. The van der Waals surface area contributed by atoms with Gasteiger partial charge in [-0.3, -0.25) is 0 Å². The average molecular weight is 325 g/mol. The van der Waals surface area contributed by atoms with Gasteiger partial charge in [0.05, 0.1) is 6.61 Å². The zero-order chi connectivity index (χ0) is 16.6. The molecule has 136 valence electrons. The lowest BCUT2D eigenvalue weighted by molar-refractivity contribution is 0.176. The highest BCUT2D eigenvalue weighted by Crippen LogP contribution is 2.28. The number of ether oxygens (including phenoxy) is 1. The second-order valence-electron chi connectivity index (χ2n) is 7.48. The van der Waals surface area contributed by atoms with Crippen LogP contribution in [0.15, 0.2) is 12.2 Å². The van der Waals surface area contributed by atoms with Gasteiger partial charge < -0.3 is 4.74 Å². The fourth-order valence-electron chi connectivity index (χ4n) is 3.66. The fraction of sp³-hybridized carbons (Fsp3) is 0.909. The third-order valence-corrected chi connectivity index (χ3v) is 5.32. The van der Waals surface area contributed by atoms with Crippen molar-refractivity contribution < 1.29 is 4.74 Å². The maximum Gasteiger partial charge on any atom is 0.0500 e. The number of allylic oxidation sites excluding steroid dienone is 2. The molecule has 0 bridgehead atoms. The lowest BCUT2D eigenvalue weighted by atomic mass is 9.90. The number of rotatable bonds is 15. The monoisotopic (exact) mass is 324 g/mol. The van der Waals surface area contributed by atoms with Crippen molar-refractivity contribution in [2.45, 2.75) is 104 Å². The minimum Gasteiger partial charge on any atom is -0.381 e. The van der Waals surface area contributed by atoms with E-state index >= 15 is 0 Å². The summed E-state index contributed by atoms with van der Waals surface area (Å²) >= 11 is 0. The summed E-state index contributed by atoms with van der Waals surface area (Å²) in [6, 6.07) is 0. The molecule has 1 rings (SSSR count). The van der Waals surface area contributed by atoms with Gasteiger partial charge >= 0.3 is 0 Å². The third-order valence-electron chi connectivity index (χ3n) is 5.32. The third kappa shape index (κ3) is 11.0. The van der Waals surface area contributed by atoms with Crippen molar-refractivity contribution >= 4 is 0 Å². The molecule has 2 atom stereocenters. The fourth-order valence-corrected chi connectivity index (χ4v) is 3.66. The minimum absolute atomic E-state index is 0.777. The van der Waals surface area contributed by atoms with Crippen molar-refractivity contribution in [1.82, 2.24) is 0 Å². The van der Waals surface area contributed by atoms with Crippen molar-refractivity contribution in [2.75, 3.05) is 13.2 Å². The van der Waals surface area contributed by atoms with E-state index < -0.39 is 0 Å². The first-order chi connectivity index (χ1) is 11.4. The van der Waals surface area contributed by atoms with Crippen LogP contribution in [0.4, 0.5) is 0 Å². The first kappa shape index (κ1) is 20.7. The molecule has 0 aromatic carbocycles. The van der Waals surface area contributed by atoms with Crippen LogP contribution >= 0.6 is 0 Å². The van der Waals surface area contributed by atoms with Crippen LogP contribution in [0.5, 0.6) is 0 Å². The van der Waals surface area contributed by atoms with E-state index in [9.17, 15) is 0 Å². The molecular weight excluding hydrogens is 282 g/mol. The molecule has 0 aliphatic carbocycles. The number of hydrogen-bond donors (Lipinski definition) is 0. The van der Waals surface area contributed by atoms with E-state index in [1.54, 1.807) is 0 Å². The SMILES string of the molecule is CCCC/C=C/[C@@H](CCCCCCCCCCC)C1C[13CH2]O[13CH2]1. The zero-order valence-electron chi connectivity index (χ0n) is 16.0. The highest BCUT2D eigenvalue weighted by molar-refractivity contribution is 4.92. The van der Waals surface area contributed by atoms with Gasteiger partial charge in [-0.2, -0.15) is 0 Å². The smallest absolute Gasteiger partial charge is 0.0500 e. The molecule has 0 N–H and O–H groups in total. The van der Waals surface area contributed by atoms with Crippen molar-refractivity contribution in [3.63, 3.8) is 0 Å². The van der Waals surface area contributed by atoms with Crippen molar-refractivity contribution in [3.8, 4) is 0 Å². The molecule has 1 heterocycles. The Bertz CT molecular complexity index is 265. The number of hydrogen-bond acceptors (Lipinski definition) is 1. The standard InChI is InChI=1S/C22H42O/c1-3-5-7-9-10-11-12-13-15-17-21(16-14-8-6-4-2)22-18-19-23-20-22/h14,16,21-22H,3-13,15,17-20H2,1-2H3/b16-14+/t21-,22?/m0/s1/i19+1,20+1. The maximum atomic E-state index is 5.62. The molecule has 0 aromatic heterocycles. The molecule has 1 nitrogen and oxygen atoms in total. The first-order valence-corrected chi connectivity index (χ1v) is 10.6. The van der Waals surface area contributed by atoms with E-state index in [1.165, 1.54) is 89.9 Å². The van der Waals surface area contributed by atoms with Gasteiger partial charge in [-0.1, -0.05) is 96.6 Å². The van der Waals surface area contributed by atoms with Gasteiger partial charge in [-0.15, -0.1) is 0 Å². The van der Waals surface area contributed by atoms with E-state index in [-0.39, 0.29) is 0 Å². The molecule has 0 aromatic rings. The molecule has 1 unspecified atom stereocenters. The molecule has 0 saturated carbocycles. The Morgan fingerprint density at radius 1 is 0.870 bits per heavy atom. The summed E-state index contributed by atoms with van der Waals surface area (Å²) in [6.45, 7) is 6.56. The number of unbranched alkanes of at least 4 members (excludes halogenated alkanes) is 10. The molecule has 1 aliphatic rings. The van der Waals surface area contributed by atoms with Gasteiger partial charge in [0, 0.05) is 6.61 Å². The van der Waals surface area contributed by atoms with Crippen LogP contribution in [-0.4, -0.2) is 13.2 Å². The highest BCUT2D eigenvalue weighted by Gasteiger charge is 2.23. The van der Waals surface area contributed by atoms with E-state index in [1.807, 2.05) is 0 Å². The Morgan fingerprint density at radius 2 is 1.52 bits per heavy atom. The molecule has 23 heavy (non-hydrogen) atoms. The summed E-state index contributed by atoms with van der Waals surface area (Å²) in [5.74, 6) is 1.57. The predicted molar refractivity (Wildman–Crippen MR) is 103 cm³/mol. The summed E-state index contributed by atoms with van der Waals surface area (Å²) in [7, 11) is 0. The van der Waals surface area contributed by atoms with Crippen LogP contribution in [0.1, 0.15) is 104 Å². The minimum atomic E-state index is 0.777. The lowest BCUT2D eigenvalue weighted by Crippen LogP contribution is -2.12. The Labute approximate surface area is 146 Å². The molecule has 1 heteroatoms. The largest absolute Gasteiger partial charge is 0.381 e. The van der Waals surface area contributed by atoms with Gasteiger partial charge in [-0.05, 0) is 31.1 Å². The first-order valence-electron chi connectivity index (χ1n) is 10.6. The Hall–Kier alpha value is -0.300. The normalized spacial score (nSPS) is 19.7. The summed E-state index contributed by atoms with van der Waals surface area (Å²) in [5, 5.41) is 0. The van der Waals surface area contributed by atoms with E-state index in [0.29, 0.717) is 0 Å². The molecule has 1 saturated heterocycles. The van der Waals surface area contributed by atoms with E-state index in [2.05, 4.69) is 26.0 Å². The summed E-state index contributed by atoms with van der Waals surface area (Å²) in [4.78, 5) is 0. The van der Waals surface area contributed by atoms with Gasteiger partial charge in [0.25, 0.3) is 0 Å². The van der Waals surface area contributed by atoms with Crippen molar-refractivity contribution in [3.05, 3.63) is 12.2 Å². The average Bonchev–Trinajstić information content (AvgIpc) is 3.09. The lowest BCUT2D eigenvalue weighted by Gasteiger charge is -2.19. The van der Waals surface area contributed by atoms with Crippen molar-refractivity contribution in [1.29, 1.82) is 0 Å². The molecular formula is C22H42O. The van der Waals surface area contributed by atoms with Crippen LogP contribution in [0.2, 0.25) is 0 Å². The van der Waals surface area contributed by atoms with Crippen LogP contribution in [-0.2, 0) is 4.74 Å². The van der Waals surface area contributed by atoms with Crippen molar-refractivity contribution in [2.24, 2.45) is 11.8 Å². The van der Waals surface area contributed by atoms with Crippen LogP contribution in [0.25, 0.3) is 0 Å². The predicted octanol–water partition coefficient (Wildman–Crippen LogP) is 7.31. The maximum absolute atomic E-state index is 5.62. The van der Waals surface area contributed by atoms with Crippen LogP contribution in [0.3, 0.4) is 0 Å². The van der Waals surface area contributed by atoms with Crippen LogP contribution in [0, 0.1) is 11.8 Å². The molecule has 0 spiro atoms. The topological polar surface area (TPSA) is 9.23 Å². The zero-order valence-corrected chi connectivity index (χ0v) is 16.0. The van der Waals surface area contributed by atoms with Gasteiger partial charge in [0.15, 0.2) is 0 Å². The quantitative estimate of drug-likeness (QED) is 0.174. The van der Waals surface area contributed by atoms with E-state index in [0.717, 1.165) is 25.0 Å². The molecule has 0 amide bonds. The van der Waals surface area contributed by atoms with Gasteiger partial charge in [0.1, 0.15) is 0 Å². The van der Waals surface area contributed by atoms with Crippen LogP contribution < -0.4 is 0 Å². The summed E-state index contributed by atoms with van der Waals surface area (Å²) < 4.78 is 5.62. The Kier molecular flexibility index (Phi) is 13.7. The molecule has 0 radical (unpaired) electrons. The second kappa shape index (κ2) is 15.2. The Morgan fingerprint density at radius 3 is 2.13 bits per heavy atom. The summed E-state index contributed by atoms with van der Waals surface area (Å²) in [6.07, 6.45) is 24.4. The molecule has 1 aliphatic heterocycles. The van der Waals surface area contributed by atoms with Gasteiger partial charge in [-0.25, -0.2) is 0 Å². The van der Waals surface area contributed by atoms with E-state index in [4.69, 9.17) is 4.74 Å². The Balaban J connectivity index is 2.09.